The molecule has 0 fully saturated rings. The van der Waals surface area contributed by atoms with Gasteiger partial charge in [-0.1, -0.05) is 78.9 Å². The van der Waals surface area contributed by atoms with E-state index in [1.807, 2.05) is 66.7 Å². The molecular weight excluding hydrogens is 372 g/mol. The Morgan fingerprint density at radius 3 is 2.17 bits per heavy atom. The standard InChI is InChI=1S/C26H28N2O2/c1-19-7-5-6-8-22(19)15-16-28-25(29)18-21-13-11-20(12-14-21)17-24(26(27)30)23-9-3-2-4-10-23/h2-14,24H,15-18H2,1H3,(H2,27,30)(H,28,29). The fraction of sp³-hybridized carbons (Fsp3) is 0.231. The van der Waals surface area contributed by atoms with Crippen LogP contribution in [-0.4, -0.2) is 18.4 Å². The Kier molecular flexibility index (Phi) is 7.39. The number of aryl methyl sites for hydroxylation is 1. The fourth-order valence-corrected chi connectivity index (χ4v) is 3.57. The highest BCUT2D eigenvalue weighted by Crippen LogP contribution is 2.21. The Bertz CT molecular complexity index is 981. The fourth-order valence-electron chi connectivity index (χ4n) is 3.57. The number of primary amides is 1. The Hall–Kier alpha value is -3.40. The van der Waals surface area contributed by atoms with Crippen LogP contribution in [0.25, 0.3) is 0 Å². The monoisotopic (exact) mass is 400 g/mol. The van der Waals surface area contributed by atoms with Crippen molar-refractivity contribution in [2.24, 2.45) is 5.73 Å². The molecular formula is C26H28N2O2. The largest absolute Gasteiger partial charge is 0.369 e. The van der Waals surface area contributed by atoms with Gasteiger partial charge in [-0.05, 0) is 47.6 Å². The summed E-state index contributed by atoms with van der Waals surface area (Å²) < 4.78 is 0. The second-order valence-corrected chi connectivity index (χ2v) is 7.59. The number of carbonyl (C=O) groups excluding carboxylic acids is 2. The summed E-state index contributed by atoms with van der Waals surface area (Å²) in [5, 5.41) is 2.99. The molecule has 0 heterocycles. The summed E-state index contributed by atoms with van der Waals surface area (Å²) in [5.41, 5.74) is 11.0. The third-order valence-corrected chi connectivity index (χ3v) is 5.35. The van der Waals surface area contributed by atoms with E-state index in [4.69, 9.17) is 5.73 Å². The zero-order chi connectivity index (χ0) is 21.3. The summed E-state index contributed by atoms with van der Waals surface area (Å²) in [6.07, 6.45) is 1.71. The second-order valence-electron chi connectivity index (χ2n) is 7.59. The number of benzene rings is 3. The third kappa shape index (κ3) is 6.05. The summed E-state index contributed by atoms with van der Waals surface area (Å²) in [7, 11) is 0. The van der Waals surface area contributed by atoms with Crippen LogP contribution >= 0.6 is 0 Å². The molecule has 1 unspecified atom stereocenters. The van der Waals surface area contributed by atoms with Crippen molar-refractivity contribution in [1.82, 2.24) is 5.32 Å². The number of nitrogens with one attached hydrogen (secondary N) is 1. The van der Waals surface area contributed by atoms with Gasteiger partial charge in [0.1, 0.15) is 0 Å². The average molecular weight is 401 g/mol. The zero-order valence-electron chi connectivity index (χ0n) is 17.3. The summed E-state index contributed by atoms with van der Waals surface area (Å²) >= 11 is 0. The molecule has 1 atom stereocenters. The minimum absolute atomic E-state index is 0.00984. The first-order chi connectivity index (χ1) is 14.5. The van der Waals surface area contributed by atoms with Gasteiger partial charge in [-0.25, -0.2) is 0 Å². The van der Waals surface area contributed by atoms with Crippen molar-refractivity contribution in [2.45, 2.75) is 32.1 Å². The summed E-state index contributed by atoms with van der Waals surface area (Å²) in [4.78, 5) is 24.2. The van der Waals surface area contributed by atoms with Crippen LogP contribution in [-0.2, 0) is 28.9 Å². The average Bonchev–Trinajstić information content (AvgIpc) is 2.75. The highest BCUT2D eigenvalue weighted by Gasteiger charge is 2.18. The number of hydrogen-bond acceptors (Lipinski definition) is 2. The van der Waals surface area contributed by atoms with E-state index in [1.165, 1.54) is 11.1 Å². The van der Waals surface area contributed by atoms with Gasteiger partial charge in [0.25, 0.3) is 0 Å². The van der Waals surface area contributed by atoms with Crippen LogP contribution in [0.4, 0.5) is 0 Å². The summed E-state index contributed by atoms with van der Waals surface area (Å²) in [6.45, 7) is 2.71. The molecule has 0 saturated carbocycles. The van der Waals surface area contributed by atoms with Crippen molar-refractivity contribution < 1.29 is 9.59 Å². The molecule has 2 amide bonds. The van der Waals surface area contributed by atoms with Crippen molar-refractivity contribution >= 4 is 11.8 Å². The van der Waals surface area contributed by atoms with Crippen molar-refractivity contribution in [1.29, 1.82) is 0 Å². The molecule has 154 valence electrons. The molecule has 0 aromatic heterocycles. The lowest BCUT2D eigenvalue weighted by atomic mass is 9.91. The van der Waals surface area contributed by atoms with Crippen molar-refractivity contribution in [3.8, 4) is 0 Å². The number of rotatable bonds is 9. The van der Waals surface area contributed by atoms with Gasteiger partial charge < -0.3 is 11.1 Å². The van der Waals surface area contributed by atoms with E-state index in [2.05, 4.69) is 24.4 Å². The molecule has 0 bridgehead atoms. The van der Waals surface area contributed by atoms with Crippen LogP contribution in [0.3, 0.4) is 0 Å². The molecule has 30 heavy (non-hydrogen) atoms. The van der Waals surface area contributed by atoms with E-state index in [0.717, 1.165) is 23.1 Å². The number of carbonyl (C=O) groups is 2. The van der Waals surface area contributed by atoms with Crippen molar-refractivity contribution in [3.05, 3.63) is 107 Å². The predicted octanol–water partition coefficient (Wildman–Crippen LogP) is 3.71. The quantitative estimate of drug-likeness (QED) is 0.575. The van der Waals surface area contributed by atoms with Crippen LogP contribution in [0.15, 0.2) is 78.9 Å². The first-order valence-corrected chi connectivity index (χ1v) is 10.3. The maximum Gasteiger partial charge on any atom is 0.225 e. The van der Waals surface area contributed by atoms with E-state index in [1.54, 1.807) is 0 Å². The lowest BCUT2D eigenvalue weighted by Crippen LogP contribution is -2.27. The Morgan fingerprint density at radius 2 is 1.50 bits per heavy atom. The third-order valence-electron chi connectivity index (χ3n) is 5.35. The minimum atomic E-state index is -0.359. The normalized spacial score (nSPS) is 11.6. The summed E-state index contributed by atoms with van der Waals surface area (Å²) in [6, 6.07) is 25.6. The molecule has 3 N–H and O–H groups in total. The zero-order valence-corrected chi connectivity index (χ0v) is 17.3. The van der Waals surface area contributed by atoms with Crippen LogP contribution in [0.2, 0.25) is 0 Å². The molecule has 4 nitrogen and oxygen atoms in total. The van der Waals surface area contributed by atoms with E-state index in [9.17, 15) is 9.59 Å². The van der Waals surface area contributed by atoms with Crippen molar-refractivity contribution in [3.63, 3.8) is 0 Å². The maximum absolute atomic E-state index is 12.3. The van der Waals surface area contributed by atoms with E-state index < -0.39 is 0 Å². The molecule has 3 aromatic carbocycles. The molecule has 0 saturated heterocycles. The molecule has 3 rings (SSSR count). The van der Waals surface area contributed by atoms with Crippen molar-refractivity contribution in [2.75, 3.05) is 6.54 Å². The molecule has 0 spiro atoms. The van der Waals surface area contributed by atoms with Crippen LogP contribution in [0, 0.1) is 6.92 Å². The maximum atomic E-state index is 12.3. The summed E-state index contributed by atoms with van der Waals surface area (Å²) in [5.74, 6) is -0.685. The Morgan fingerprint density at radius 1 is 0.867 bits per heavy atom. The minimum Gasteiger partial charge on any atom is -0.369 e. The predicted molar refractivity (Wildman–Crippen MR) is 120 cm³/mol. The Balaban J connectivity index is 1.52. The lowest BCUT2D eigenvalue weighted by Gasteiger charge is -2.14. The smallest absolute Gasteiger partial charge is 0.225 e. The van der Waals surface area contributed by atoms with Gasteiger partial charge in [0, 0.05) is 6.54 Å². The highest BCUT2D eigenvalue weighted by atomic mass is 16.2. The number of hydrogen-bond donors (Lipinski definition) is 2. The van der Waals surface area contributed by atoms with Gasteiger partial charge in [0.15, 0.2) is 0 Å². The van der Waals surface area contributed by atoms with Crippen LogP contribution < -0.4 is 11.1 Å². The first kappa shape index (κ1) is 21.3. The molecule has 0 aliphatic heterocycles. The number of amides is 2. The van der Waals surface area contributed by atoms with Crippen LogP contribution in [0.5, 0.6) is 0 Å². The van der Waals surface area contributed by atoms with Gasteiger partial charge in [-0.15, -0.1) is 0 Å². The molecule has 0 aliphatic rings. The molecule has 4 heteroatoms. The van der Waals surface area contributed by atoms with Gasteiger partial charge in [0.05, 0.1) is 12.3 Å². The highest BCUT2D eigenvalue weighted by molar-refractivity contribution is 5.82. The van der Waals surface area contributed by atoms with Gasteiger partial charge in [0.2, 0.25) is 11.8 Å². The van der Waals surface area contributed by atoms with E-state index in [-0.39, 0.29) is 17.7 Å². The SMILES string of the molecule is Cc1ccccc1CCNC(=O)Cc1ccc(CC(C(N)=O)c2ccccc2)cc1. The topological polar surface area (TPSA) is 72.2 Å². The second kappa shape index (κ2) is 10.4. The van der Waals surface area contributed by atoms with E-state index in [0.29, 0.717) is 19.4 Å². The molecule has 0 aliphatic carbocycles. The van der Waals surface area contributed by atoms with Gasteiger partial charge in [-0.2, -0.15) is 0 Å². The molecule has 0 radical (unpaired) electrons. The van der Waals surface area contributed by atoms with Crippen LogP contribution in [0.1, 0.15) is 33.7 Å². The Labute approximate surface area is 178 Å². The van der Waals surface area contributed by atoms with Gasteiger partial charge in [-0.3, -0.25) is 9.59 Å². The lowest BCUT2D eigenvalue weighted by molar-refractivity contribution is -0.120. The van der Waals surface area contributed by atoms with E-state index >= 15 is 0 Å². The number of nitrogens with two attached hydrogens (primary N) is 1. The first-order valence-electron chi connectivity index (χ1n) is 10.3. The molecule has 3 aromatic rings. The van der Waals surface area contributed by atoms with Gasteiger partial charge >= 0.3 is 0 Å².